The number of primary amides is 1. The van der Waals surface area contributed by atoms with E-state index in [1.54, 1.807) is 12.1 Å². The zero-order valence-corrected chi connectivity index (χ0v) is 8.41. The van der Waals surface area contributed by atoms with Crippen molar-refractivity contribution in [2.24, 2.45) is 5.73 Å². The van der Waals surface area contributed by atoms with Crippen LogP contribution in [0.25, 0.3) is 0 Å². The van der Waals surface area contributed by atoms with E-state index in [-0.39, 0.29) is 0 Å². The van der Waals surface area contributed by atoms with Gasteiger partial charge in [0.05, 0.1) is 10.7 Å². The molecule has 70 valence electrons. The van der Waals surface area contributed by atoms with Gasteiger partial charge in [0.1, 0.15) is 0 Å². The van der Waals surface area contributed by atoms with Gasteiger partial charge in [-0.3, -0.25) is 0 Å². The van der Waals surface area contributed by atoms with Crippen LogP contribution in [0.15, 0.2) is 12.1 Å². The molecule has 0 saturated heterocycles. The SMILES string of the molecule is Cc1cc(Cl)c(NC(N)=O)cc1Cl. The van der Waals surface area contributed by atoms with Gasteiger partial charge in [0.25, 0.3) is 0 Å². The number of carbonyl (C=O) groups is 1. The summed E-state index contributed by atoms with van der Waals surface area (Å²) in [6.07, 6.45) is 0. The van der Waals surface area contributed by atoms with E-state index in [0.717, 1.165) is 5.56 Å². The van der Waals surface area contributed by atoms with Crippen molar-refractivity contribution in [3.05, 3.63) is 27.7 Å². The Balaban J connectivity index is 3.08. The number of hydrogen-bond acceptors (Lipinski definition) is 1. The number of benzene rings is 1. The lowest BCUT2D eigenvalue weighted by atomic mass is 10.2. The second-order valence-electron chi connectivity index (χ2n) is 2.57. The molecule has 0 radical (unpaired) electrons. The van der Waals surface area contributed by atoms with Crippen LogP contribution in [0.1, 0.15) is 5.56 Å². The van der Waals surface area contributed by atoms with E-state index in [2.05, 4.69) is 5.32 Å². The normalized spacial score (nSPS) is 9.77. The van der Waals surface area contributed by atoms with Crippen LogP contribution in [0.4, 0.5) is 10.5 Å². The molecule has 0 aliphatic carbocycles. The minimum absolute atomic E-state index is 0.417. The molecule has 0 atom stereocenters. The van der Waals surface area contributed by atoms with Crippen molar-refractivity contribution in [3.8, 4) is 0 Å². The van der Waals surface area contributed by atoms with E-state index in [0.29, 0.717) is 15.7 Å². The summed E-state index contributed by atoms with van der Waals surface area (Å²) in [4.78, 5) is 10.5. The predicted molar refractivity (Wildman–Crippen MR) is 54.4 cm³/mol. The maximum Gasteiger partial charge on any atom is 0.316 e. The zero-order chi connectivity index (χ0) is 10.0. The third-order valence-electron chi connectivity index (χ3n) is 1.51. The number of carbonyl (C=O) groups excluding carboxylic acids is 1. The highest BCUT2D eigenvalue weighted by atomic mass is 35.5. The topological polar surface area (TPSA) is 55.1 Å². The third kappa shape index (κ3) is 2.50. The summed E-state index contributed by atoms with van der Waals surface area (Å²) in [5, 5.41) is 3.32. The Hall–Kier alpha value is -0.930. The molecule has 0 spiro atoms. The molecular weight excluding hydrogens is 211 g/mol. The molecule has 1 aromatic rings. The Morgan fingerprint density at radius 1 is 1.38 bits per heavy atom. The molecule has 3 nitrogen and oxygen atoms in total. The van der Waals surface area contributed by atoms with Crippen molar-refractivity contribution >= 4 is 34.9 Å². The minimum Gasteiger partial charge on any atom is -0.351 e. The van der Waals surface area contributed by atoms with Crippen LogP contribution in [-0.4, -0.2) is 6.03 Å². The van der Waals surface area contributed by atoms with E-state index in [9.17, 15) is 4.79 Å². The van der Waals surface area contributed by atoms with Crippen molar-refractivity contribution in [2.75, 3.05) is 5.32 Å². The van der Waals surface area contributed by atoms with Gasteiger partial charge in [-0.2, -0.15) is 0 Å². The number of aryl methyl sites for hydroxylation is 1. The fourth-order valence-electron chi connectivity index (χ4n) is 0.875. The lowest BCUT2D eigenvalue weighted by molar-refractivity contribution is 0.259. The van der Waals surface area contributed by atoms with Crippen LogP contribution in [0, 0.1) is 6.92 Å². The molecule has 0 aromatic heterocycles. The molecule has 1 aromatic carbocycles. The fourth-order valence-corrected chi connectivity index (χ4v) is 1.30. The van der Waals surface area contributed by atoms with Gasteiger partial charge < -0.3 is 11.1 Å². The van der Waals surface area contributed by atoms with E-state index in [1.165, 1.54) is 0 Å². The van der Waals surface area contributed by atoms with Gasteiger partial charge in [-0.05, 0) is 24.6 Å². The summed E-state index contributed by atoms with van der Waals surface area (Å²) in [6.45, 7) is 1.82. The smallest absolute Gasteiger partial charge is 0.316 e. The van der Waals surface area contributed by atoms with Gasteiger partial charge in [0.15, 0.2) is 0 Å². The number of amides is 2. The highest BCUT2D eigenvalue weighted by molar-refractivity contribution is 6.36. The molecular formula is C8H8Cl2N2O. The number of anilines is 1. The lowest BCUT2D eigenvalue weighted by Gasteiger charge is -2.06. The van der Waals surface area contributed by atoms with Gasteiger partial charge in [-0.15, -0.1) is 0 Å². The summed E-state index contributed by atoms with van der Waals surface area (Å²) in [6, 6.07) is 2.56. The Morgan fingerprint density at radius 3 is 2.54 bits per heavy atom. The summed E-state index contributed by atoms with van der Waals surface area (Å²) < 4.78 is 0. The number of nitrogens with two attached hydrogens (primary N) is 1. The van der Waals surface area contributed by atoms with Crippen molar-refractivity contribution in [2.45, 2.75) is 6.92 Å². The highest BCUT2D eigenvalue weighted by Gasteiger charge is 2.05. The van der Waals surface area contributed by atoms with E-state index < -0.39 is 6.03 Å². The monoisotopic (exact) mass is 218 g/mol. The molecule has 1 rings (SSSR count). The average molecular weight is 219 g/mol. The molecule has 0 aliphatic heterocycles. The first kappa shape index (κ1) is 10.2. The summed E-state index contributed by atoms with van der Waals surface area (Å²) in [5.41, 5.74) is 6.20. The molecule has 3 N–H and O–H groups in total. The van der Waals surface area contributed by atoms with Gasteiger partial charge in [0, 0.05) is 5.02 Å². The van der Waals surface area contributed by atoms with Gasteiger partial charge >= 0.3 is 6.03 Å². The van der Waals surface area contributed by atoms with Crippen LogP contribution in [0.3, 0.4) is 0 Å². The van der Waals surface area contributed by atoms with Crippen molar-refractivity contribution in [3.63, 3.8) is 0 Å². The van der Waals surface area contributed by atoms with Crippen molar-refractivity contribution in [1.29, 1.82) is 0 Å². The number of halogens is 2. The largest absolute Gasteiger partial charge is 0.351 e. The minimum atomic E-state index is -0.665. The third-order valence-corrected chi connectivity index (χ3v) is 2.23. The molecule has 0 saturated carbocycles. The second-order valence-corrected chi connectivity index (χ2v) is 3.38. The number of nitrogens with one attached hydrogen (secondary N) is 1. The standard InChI is InChI=1S/C8H8Cl2N2O/c1-4-2-6(10)7(3-5(4)9)12-8(11)13/h2-3H,1H3,(H3,11,12,13). The average Bonchev–Trinajstić information content (AvgIpc) is 1.99. The maximum atomic E-state index is 10.5. The Bertz CT molecular complexity index is 352. The van der Waals surface area contributed by atoms with Crippen LogP contribution in [-0.2, 0) is 0 Å². The van der Waals surface area contributed by atoms with Crippen LogP contribution in [0.2, 0.25) is 10.0 Å². The Morgan fingerprint density at radius 2 is 2.00 bits per heavy atom. The van der Waals surface area contributed by atoms with Gasteiger partial charge in [0.2, 0.25) is 0 Å². The molecule has 2 amide bonds. The van der Waals surface area contributed by atoms with Crippen LogP contribution in [0.5, 0.6) is 0 Å². The van der Waals surface area contributed by atoms with E-state index >= 15 is 0 Å². The number of rotatable bonds is 1. The first-order valence-electron chi connectivity index (χ1n) is 3.53. The lowest BCUT2D eigenvalue weighted by Crippen LogP contribution is -2.19. The Labute approximate surface area is 85.8 Å². The summed E-state index contributed by atoms with van der Waals surface area (Å²) in [7, 11) is 0. The zero-order valence-electron chi connectivity index (χ0n) is 6.90. The second kappa shape index (κ2) is 3.85. The maximum absolute atomic E-state index is 10.5. The number of hydrogen-bond donors (Lipinski definition) is 2. The fraction of sp³-hybridized carbons (Fsp3) is 0.125. The predicted octanol–water partition coefficient (Wildman–Crippen LogP) is 2.79. The van der Waals surface area contributed by atoms with Gasteiger partial charge in [-0.1, -0.05) is 23.2 Å². The summed E-state index contributed by atoms with van der Waals surface area (Å²) in [5.74, 6) is 0. The molecule has 5 heteroatoms. The van der Waals surface area contributed by atoms with E-state index in [1.807, 2.05) is 6.92 Å². The first-order chi connectivity index (χ1) is 6.00. The molecule has 0 bridgehead atoms. The van der Waals surface area contributed by atoms with Gasteiger partial charge in [-0.25, -0.2) is 4.79 Å². The highest BCUT2D eigenvalue weighted by Crippen LogP contribution is 2.28. The Kier molecular flexibility index (Phi) is 3.01. The molecule has 0 aliphatic rings. The summed E-state index contributed by atoms with van der Waals surface area (Å²) >= 11 is 11.6. The van der Waals surface area contributed by atoms with E-state index in [4.69, 9.17) is 28.9 Å². The molecule has 13 heavy (non-hydrogen) atoms. The molecule has 0 unspecified atom stereocenters. The van der Waals surface area contributed by atoms with Crippen LogP contribution >= 0.6 is 23.2 Å². The van der Waals surface area contributed by atoms with Crippen LogP contribution < -0.4 is 11.1 Å². The quantitative estimate of drug-likeness (QED) is 0.749. The number of urea groups is 1. The van der Waals surface area contributed by atoms with Crippen molar-refractivity contribution in [1.82, 2.24) is 0 Å². The van der Waals surface area contributed by atoms with Crippen molar-refractivity contribution < 1.29 is 4.79 Å². The molecule has 0 heterocycles. The molecule has 0 fully saturated rings. The first-order valence-corrected chi connectivity index (χ1v) is 4.28.